The fourth-order valence-electron chi connectivity index (χ4n) is 3.89. The second-order valence-corrected chi connectivity index (χ2v) is 9.33. The summed E-state index contributed by atoms with van der Waals surface area (Å²) in [4.78, 5) is 14.5. The highest BCUT2D eigenvalue weighted by atomic mass is 79.9. The average molecular weight is 564 g/mol. The van der Waals surface area contributed by atoms with Crippen molar-refractivity contribution in [3.8, 4) is 11.5 Å². The Morgan fingerprint density at radius 1 is 1.09 bits per heavy atom. The number of nitrogens with zero attached hydrogens (tertiary/aromatic N) is 1. The van der Waals surface area contributed by atoms with Crippen molar-refractivity contribution in [2.24, 2.45) is 0 Å². The van der Waals surface area contributed by atoms with Crippen LogP contribution in [0.1, 0.15) is 29.5 Å². The maximum absolute atomic E-state index is 11.6. The summed E-state index contributed by atoms with van der Waals surface area (Å²) >= 11 is 15.7. The normalized spacial score (nSPS) is 12.0. The summed E-state index contributed by atoms with van der Waals surface area (Å²) in [6.45, 7) is 2.27. The van der Waals surface area contributed by atoms with Gasteiger partial charge in [-0.3, -0.25) is 10.1 Å². The van der Waals surface area contributed by atoms with Crippen molar-refractivity contribution in [2.75, 3.05) is 13.2 Å². The van der Waals surface area contributed by atoms with Crippen LogP contribution in [0.2, 0.25) is 10.0 Å². The minimum atomic E-state index is -0.481. The summed E-state index contributed by atoms with van der Waals surface area (Å²) in [6, 6.07) is 16.7. The summed E-state index contributed by atoms with van der Waals surface area (Å²) in [5.41, 5.74) is 3.37. The van der Waals surface area contributed by atoms with Crippen LogP contribution in [0.25, 0.3) is 10.9 Å². The number of hydrogen-bond donors (Lipinski definition) is 1. The van der Waals surface area contributed by atoms with Crippen molar-refractivity contribution in [1.29, 1.82) is 0 Å². The third-order valence-electron chi connectivity index (χ3n) is 5.43. The first-order valence-electron chi connectivity index (χ1n) is 10.6. The molecule has 176 valence electrons. The molecule has 3 aromatic carbocycles. The molecule has 6 nitrogen and oxygen atoms in total. The van der Waals surface area contributed by atoms with E-state index in [1.54, 1.807) is 12.1 Å². The van der Waals surface area contributed by atoms with E-state index in [0.717, 1.165) is 27.6 Å². The van der Waals surface area contributed by atoms with Gasteiger partial charge in [0.1, 0.15) is 6.61 Å². The van der Waals surface area contributed by atoms with E-state index >= 15 is 0 Å². The summed E-state index contributed by atoms with van der Waals surface area (Å²) in [6.07, 6.45) is 1.84. The maximum Gasteiger partial charge on any atom is 0.214 e. The Labute approximate surface area is 215 Å². The van der Waals surface area contributed by atoms with Crippen LogP contribution in [0.5, 0.6) is 11.5 Å². The van der Waals surface area contributed by atoms with Crippen LogP contribution in [0.4, 0.5) is 0 Å². The fraction of sp³-hybridized carbons (Fsp3) is 0.200. The van der Waals surface area contributed by atoms with Crippen molar-refractivity contribution in [3.63, 3.8) is 0 Å². The fourth-order valence-corrected chi connectivity index (χ4v) is 4.79. The van der Waals surface area contributed by atoms with Gasteiger partial charge in [-0.15, -0.1) is 0 Å². The number of halogens is 3. The molecule has 0 spiro atoms. The number of fused-ring (bicyclic) bond motifs is 1. The Morgan fingerprint density at radius 2 is 1.88 bits per heavy atom. The summed E-state index contributed by atoms with van der Waals surface area (Å²) < 4.78 is 12.6. The van der Waals surface area contributed by atoms with E-state index in [9.17, 15) is 10.1 Å². The van der Waals surface area contributed by atoms with Gasteiger partial charge < -0.3 is 14.5 Å². The third-order valence-corrected chi connectivity index (χ3v) is 6.76. The lowest BCUT2D eigenvalue weighted by molar-refractivity contribution is -0.481. The summed E-state index contributed by atoms with van der Waals surface area (Å²) in [5, 5.41) is 13.5. The number of aromatic nitrogens is 1. The highest BCUT2D eigenvalue weighted by molar-refractivity contribution is 9.10. The Balaban J connectivity index is 1.71. The quantitative estimate of drug-likeness (QED) is 0.168. The molecule has 0 fully saturated rings. The lowest BCUT2D eigenvalue weighted by atomic mass is 9.90. The molecule has 0 radical (unpaired) electrons. The van der Waals surface area contributed by atoms with Gasteiger partial charge in [-0.1, -0.05) is 47.5 Å². The molecule has 0 bridgehead atoms. The standard InChI is InChI=1S/C25H21BrCl2N2O4/c1-2-33-24-11-16(10-20(26)25(24)34-14-15-7-8-21(27)22(28)9-15)19(13-30(31)32)18-12-29-23-6-4-3-5-17(18)23/h3-12,19,29H,2,13-14H2,1H3/t19-/m0/s1. The molecule has 1 aromatic heterocycles. The van der Waals surface area contributed by atoms with Crippen LogP contribution in [0.3, 0.4) is 0 Å². The molecule has 0 amide bonds. The highest BCUT2D eigenvalue weighted by Gasteiger charge is 2.26. The molecule has 1 atom stereocenters. The Kier molecular flexibility index (Phi) is 7.66. The lowest BCUT2D eigenvalue weighted by Gasteiger charge is -2.19. The number of rotatable bonds is 9. The Bertz CT molecular complexity index is 1340. The van der Waals surface area contributed by atoms with Gasteiger partial charge in [0.25, 0.3) is 0 Å². The number of ether oxygens (including phenoxy) is 2. The van der Waals surface area contributed by atoms with Gasteiger partial charge in [0.15, 0.2) is 11.5 Å². The van der Waals surface area contributed by atoms with Crippen LogP contribution in [-0.4, -0.2) is 23.1 Å². The van der Waals surface area contributed by atoms with Crippen molar-refractivity contribution >= 4 is 50.0 Å². The van der Waals surface area contributed by atoms with Gasteiger partial charge in [-0.25, -0.2) is 0 Å². The van der Waals surface area contributed by atoms with Gasteiger partial charge in [0.05, 0.1) is 27.0 Å². The molecule has 0 saturated heterocycles. The third kappa shape index (κ3) is 5.32. The SMILES string of the molecule is CCOc1cc([C@H](C[N+](=O)[O-])c2c[nH]c3ccccc23)cc(Br)c1OCc1ccc(Cl)c(Cl)c1. The molecule has 0 unspecified atom stereocenters. The molecule has 0 saturated carbocycles. The van der Waals surface area contributed by atoms with E-state index in [4.69, 9.17) is 32.7 Å². The Morgan fingerprint density at radius 3 is 2.62 bits per heavy atom. The first-order chi connectivity index (χ1) is 16.4. The number of benzene rings is 3. The van der Waals surface area contributed by atoms with Crippen molar-refractivity contribution in [3.05, 3.63) is 102 Å². The number of aromatic amines is 1. The molecule has 1 heterocycles. The van der Waals surface area contributed by atoms with Crippen molar-refractivity contribution in [1.82, 2.24) is 4.98 Å². The van der Waals surface area contributed by atoms with Crippen LogP contribution in [0, 0.1) is 10.1 Å². The molecular formula is C25H21BrCl2N2O4. The largest absolute Gasteiger partial charge is 0.490 e. The minimum absolute atomic E-state index is 0.246. The number of H-pyrrole nitrogens is 1. The first-order valence-corrected chi connectivity index (χ1v) is 12.1. The van der Waals surface area contributed by atoms with Crippen LogP contribution < -0.4 is 9.47 Å². The number of nitro groups is 1. The van der Waals surface area contributed by atoms with Gasteiger partial charge in [-0.05, 0) is 69.9 Å². The van der Waals surface area contributed by atoms with E-state index < -0.39 is 5.92 Å². The smallest absolute Gasteiger partial charge is 0.214 e. The number of para-hydroxylation sites is 1. The second-order valence-electron chi connectivity index (χ2n) is 7.66. The first kappa shape index (κ1) is 24.4. The molecule has 0 aliphatic heterocycles. The predicted octanol–water partition coefficient (Wildman–Crippen LogP) is 7.62. The van der Waals surface area contributed by atoms with Gasteiger partial charge in [0.2, 0.25) is 6.54 Å². The predicted molar refractivity (Wildman–Crippen MR) is 138 cm³/mol. The second kappa shape index (κ2) is 10.7. The molecular weight excluding hydrogens is 543 g/mol. The number of nitrogens with one attached hydrogen (secondary N) is 1. The summed E-state index contributed by atoms with van der Waals surface area (Å²) in [7, 11) is 0. The zero-order valence-electron chi connectivity index (χ0n) is 18.2. The van der Waals surface area contributed by atoms with E-state index in [1.165, 1.54) is 0 Å². The molecule has 34 heavy (non-hydrogen) atoms. The highest BCUT2D eigenvalue weighted by Crippen LogP contribution is 2.42. The number of hydrogen-bond acceptors (Lipinski definition) is 4. The van der Waals surface area contributed by atoms with E-state index in [2.05, 4.69) is 20.9 Å². The topological polar surface area (TPSA) is 77.4 Å². The summed E-state index contributed by atoms with van der Waals surface area (Å²) in [5.74, 6) is 0.529. The monoisotopic (exact) mass is 562 g/mol. The van der Waals surface area contributed by atoms with E-state index in [0.29, 0.717) is 32.6 Å². The van der Waals surface area contributed by atoms with Gasteiger partial charge in [-0.2, -0.15) is 0 Å². The Hall–Kier alpha value is -2.74. The zero-order chi connectivity index (χ0) is 24.2. The van der Waals surface area contributed by atoms with Crippen LogP contribution >= 0.6 is 39.1 Å². The van der Waals surface area contributed by atoms with Crippen molar-refractivity contribution < 1.29 is 14.4 Å². The molecule has 1 N–H and O–H groups in total. The lowest BCUT2D eigenvalue weighted by Crippen LogP contribution is -2.14. The molecule has 4 rings (SSSR count). The molecule has 0 aliphatic rings. The van der Waals surface area contributed by atoms with E-state index in [-0.39, 0.29) is 18.1 Å². The maximum atomic E-state index is 11.6. The minimum Gasteiger partial charge on any atom is -0.490 e. The zero-order valence-corrected chi connectivity index (χ0v) is 21.3. The molecule has 4 aromatic rings. The molecule has 0 aliphatic carbocycles. The molecule has 9 heteroatoms. The van der Waals surface area contributed by atoms with Crippen molar-refractivity contribution in [2.45, 2.75) is 19.4 Å². The van der Waals surface area contributed by atoms with Crippen LogP contribution in [-0.2, 0) is 6.61 Å². The van der Waals surface area contributed by atoms with Gasteiger partial charge in [0, 0.05) is 22.0 Å². The van der Waals surface area contributed by atoms with E-state index in [1.807, 2.05) is 55.6 Å². The van der Waals surface area contributed by atoms with Gasteiger partial charge >= 0.3 is 0 Å². The average Bonchev–Trinajstić information content (AvgIpc) is 3.23. The van der Waals surface area contributed by atoms with Crippen LogP contribution in [0.15, 0.2) is 65.3 Å².